The van der Waals surface area contributed by atoms with Crippen LogP contribution in [-0.4, -0.2) is 39.3 Å². The van der Waals surface area contributed by atoms with Gasteiger partial charge in [0.2, 0.25) is 0 Å². The second-order valence-electron chi connectivity index (χ2n) is 8.04. The number of carboxylic acids is 1. The van der Waals surface area contributed by atoms with Crippen molar-refractivity contribution in [1.29, 1.82) is 0 Å². The summed E-state index contributed by atoms with van der Waals surface area (Å²) in [5.41, 5.74) is 0.791. The van der Waals surface area contributed by atoms with E-state index in [1.54, 1.807) is 66.7 Å². The third-order valence-corrected chi connectivity index (χ3v) is 5.90. The summed E-state index contributed by atoms with van der Waals surface area (Å²) in [5, 5.41) is 20.5. The first-order chi connectivity index (χ1) is 16.4. The number of aliphatic hydroxyl groups is 1. The van der Waals surface area contributed by atoms with Crippen molar-refractivity contribution in [2.75, 3.05) is 6.54 Å². The Balaban J connectivity index is 1.85. The molecule has 34 heavy (non-hydrogen) atoms. The number of hydrogen-bond donors (Lipinski definition) is 2. The molecule has 2 atom stereocenters. The van der Waals surface area contributed by atoms with Gasteiger partial charge in [0.25, 0.3) is 11.7 Å². The van der Waals surface area contributed by atoms with Gasteiger partial charge in [0.05, 0.1) is 18.0 Å². The SMILES string of the molecule is O=C(O)C[C@H](CN1C(=O)C(=O)C(=C(O)c2ccccc2)[C@@H]1c1ccccc1F)c1ccccc1. The molecule has 0 bridgehead atoms. The molecule has 1 amide bonds. The third-order valence-electron chi connectivity index (χ3n) is 5.90. The van der Waals surface area contributed by atoms with Crippen LogP contribution in [0.5, 0.6) is 0 Å². The molecule has 0 unspecified atom stereocenters. The number of likely N-dealkylation sites (tertiary alicyclic amines) is 1. The molecule has 1 saturated heterocycles. The van der Waals surface area contributed by atoms with E-state index >= 15 is 0 Å². The minimum absolute atomic E-state index is 0.0429. The monoisotopic (exact) mass is 459 g/mol. The maximum Gasteiger partial charge on any atom is 0.304 e. The number of carboxylic acid groups (broad SMARTS) is 1. The molecule has 1 fully saturated rings. The number of benzene rings is 3. The van der Waals surface area contributed by atoms with Crippen LogP contribution in [0.2, 0.25) is 0 Å². The highest BCUT2D eigenvalue weighted by Crippen LogP contribution is 2.41. The molecular formula is C27H22FNO5. The molecule has 7 heteroatoms. The summed E-state index contributed by atoms with van der Waals surface area (Å²) in [6, 6.07) is 21.5. The molecule has 172 valence electrons. The van der Waals surface area contributed by atoms with E-state index in [1.807, 2.05) is 0 Å². The van der Waals surface area contributed by atoms with Gasteiger partial charge in [-0.2, -0.15) is 0 Å². The Morgan fingerprint density at radius 2 is 1.47 bits per heavy atom. The highest BCUT2D eigenvalue weighted by Gasteiger charge is 2.47. The highest BCUT2D eigenvalue weighted by atomic mass is 19.1. The largest absolute Gasteiger partial charge is 0.507 e. The van der Waals surface area contributed by atoms with Crippen molar-refractivity contribution in [2.24, 2.45) is 0 Å². The van der Waals surface area contributed by atoms with Crippen LogP contribution in [-0.2, 0) is 14.4 Å². The summed E-state index contributed by atoms with van der Waals surface area (Å²) in [7, 11) is 0. The molecule has 1 heterocycles. The predicted molar refractivity (Wildman–Crippen MR) is 123 cm³/mol. The number of aliphatic carboxylic acids is 1. The molecule has 3 aromatic carbocycles. The molecule has 1 aliphatic heterocycles. The number of hydrogen-bond acceptors (Lipinski definition) is 4. The van der Waals surface area contributed by atoms with Crippen LogP contribution in [0.1, 0.15) is 35.1 Å². The number of halogens is 1. The minimum atomic E-state index is -1.21. The van der Waals surface area contributed by atoms with Crippen LogP contribution < -0.4 is 0 Å². The van der Waals surface area contributed by atoms with Crippen LogP contribution in [0.3, 0.4) is 0 Å². The Morgan fingerprint density at radius 1 is 0.882 bits per heavy atom. The van der Waals surface area contributed by atoms with Crippen molar-refractivity contribution in [2.45, 2.75) is 18.4 Å². The van der Waals surface area contributed by atoms with Gasteiger partial charge in [-0.1, -0.05) is 78.9 Å². The van der Waals surface area contributed by atoms with Crippen LogP contribution >= 0.6 is 0 Å². The maximum atomic E-state index is 14.9. The first-order valence-corrected chi connectivity index (χ1v) is 10.7. The average Bonchev–Trinajstić information content (AvgIpc) is 3.09. The third kappa shape index (κ3) is 4.45. The zero-order chi connectivity index (χ0) is 24.2. The number of amides is 1. The quantitative estimate of drug-likeness (QED) is 0.308. The first-order valence-electron chi connectivity index (χ1n) is 10.7. The molecule has 3 aromatic rings. The number of aliphatic hydroxyl groups excluding tert-OH is 1. The normalized spacial score (nSPS) is 18.1. The van der Waals surface area contributed by atoms with E-state index in [4.69, 9.17) is 0 Å². The van der Waals surface area contributed by atoms with Crippen molar-refractivity contribution in [3.05, 3.63) is 113 Å². The van der Waals surface area contributed by atoms with Crippen molar-refractivity contribution in [3.8, 4) is 0 Å². The lowest BCUT2D eigenvalue weighted by Gasteiger charge is -2.29. The first kappa shape index (κ1) is 22.9. The number of carbonyl (C=O) groups is 3. The molecule has 0 spiro atoms. The number of rotatable bonds is 7. The Morgan fingerprint density at radius 3 is 2.09 bits per heavy atom. The molecule has 6 nitrogen and oxygen atoms in total. The van der Waals surface area contributed by atoms with E-state index in [2.05, 4.69) is 0 Å². The number of carbonyl (C=O) groups excluding carboxylic acids is 2. The lowest BCUT2D eigenvalue weighted by molar-refractivity contribution is -0.141. The summed E-state index contributed by atoms with van der Waals surface area (Å²) >= 11 is 0. The number of ketones is 1. The second-order valence-corrected chi connectivity index (χ2v) is 8.04. The van der Waals surface area contributed by atoms with E-state index in [-0.39, 0.29) is 24.1 Å². The van der Waals surface area contributed by atoms with Gasteiger partial charge < -0.3 is 15.1 Å². The van der Waals surface area contributed by atoms with E-state index in [0.29, 0.717) is 11.1 Å². The van der Waals surface area contributed by atoms with Gasteiger partial charge in [0, 0.05) is 23.6 Å². The Labute approximate surface area is 195 Å². The smallest absolute Gasteiger partial charge is 0.304 e. The fourth-order valence-electron chi connectivity index (χ4n) is 4.30. The molecule has 1 aliphatic rings. The van der Waals surface area contributed by atoms with Gasteiger partial charge in [-0.15, -0.1) is 0 Å². The van der Waals surface area contributed by atoms with Gasteiger partial charge >= 0.3 is 5.97 Å². The van der Waals surface area contributed by atoms with Gasteiger partial charge in [0.15, 0.2) is 0 Å². The highest BCUT2D eigenvalue weighted by molar-refractivity contribution is 6.46. The van der Waals surface area contributed by atoms with E-state index in [1.165, 1.54) is 18.2 Å². The number of nitrogens with zero attached hydrogens (tertiary/aromatic N) is 1. The van der Waals surface area contributed by atoms with E-state index < -0.39 is 41.2 Å². The zero-order valence-corrected chi connectivity index (χ0v) is 18.1. The fraction of sp³-hybridized carbons (Fsp3) is 0.148. The van der Waals surface area contributed by atoms with Crippen LogP contribution in [0.15, 0.2) is 90.5 Å². The summed E-state index contributed by atoms with van der Waals surface area (Å²) < 4.78 is 14.9. The summed E-state index contributed by atoms with van der Waals surface area (Å²) in [5.74, 6) is -4.65. The van der Waals surface area contributed by atoms with Crippen LogP contribution in [0.25, 0.3) is 5.76 Å². The summed E-state index contributed by atoms with van der Waals surface area (Å²) in [6.45, 7) is -0.147. The fourth-order valence-corrected chi connectivity index (χ4v) is 4.30. The minimum Gasteiger partial charge on any atom is -0.507 e. The molecule has 2 N–H and O–H groups in total. The van der Waals surface area contributed by atoms with Gasteiger partial charge in [-0.3, -0.25) is 14.4 Å². The van der Waals surface area contributed by atoms with Gasteiger partial charge in [-0.25, -0.2) is 4.39 Å². The standard InChI is InChI=1S/C27H22FNO5/c28-21-14-8-7-13-20(21)24-23(25(32)18-11-5-2-6-12-18)26(33)27(34)29(24)16-19(15-22(30)31)17-9-3-1-4-10-17/h1-14,19,24,32H,15-16H2,(H,30,31)/t19-,24+/m1/s1. The topological polar surface area (TPSA) is 94.9 Å². The maximum absolute atomic E-state index is 14.9. The number of Topliss-reactive ketones (excluding diaryl/α,β-unsaturated/α-hetero) is 1. The Kier molecular flexibility index (Phi) is 6.54. The molecular weight excluding hydrogens is 437 g/mol. The molecule has 4 rings (SSSR count). The van der Waals surface area contributed by atoms with Crippen molar-refractivity contribution < 1.29 is 29.0 Å². The van der Waals surface area contributed by atoms with Crippen molar-refractivity contribution >= 4 is 23.4 Å². The Bertz CT molecular complexity index is 1260. The summed E-state index contributed by atoms with van der Waals surface area (Å²) in [6.07, 6.45) is -0.296. The Hall–Kier alpha value is -4.26. The van der Waals surface area contributed by atoms with Gasteiger partial charge in [-0.05, 0) is 11.6 Å². The summed E-state index contributed by atoms with van der Waals surface area (Å²) in [4.78, 5) is 39.0. The molecule has 0 saturated carbocycles. The lowest BCUT2D eigenvalue weighted by Crippen LogP contribution is -2.34. The van der Waals surface area contributed by atoms with E-state index in [9.17, 15) is 29.0 Å². The van der Waals surface area contributed by atoms with Crippen molar-refractivity contribution in [3.63, 3.8) is 0 Å². The van der Waals surface area contributed by atoms with Gasteiger partial charge in [0.1, 0.15) is 11.6 Å². The molecule has 0 radical (unpaired) electrons. The molecule has 0 aromatic heterocycles. The lowest BCUT2D eigenvalue weighted by atomic mass is 9.92. The second kappa shape index (κ2) is 9.70. The van der Waals surface area contributed by atoms with Crippen molar-refractivity contribution in [1.82, 2.24) is 4.90 Å². The van der Waals surface area contributed by atoms with Crippen LogP contribution in [0.4, 0.5) is 4.39 Å². The molecule has 0 aliphatic carbocycles. The average molecular weight is 459 g/mol. The van der Waals surface area contributed by atoms with E-state index in [0.717, 1.165) is 4.90 Å². The zero-order valence-electron chi connectivity index (χ0n) is 18.1. The predicted octanol–water partition coefficient (Wildman–Crippen LogP) is 4.51. The van der Waals surface area contributed by atoms with Crippen LogP contribution in [0, 0.1) is 5.82 Å².